The zero-order valence-corrected chi connectivity index (χ0v) is 23.4. The second-order valence-electron chi connectivity index (χ2n) is 9.94. The molecule has 1 aliphatic rings. The molecule has 3 aromatic carbocycles. The maximum absolute atomic E-state index is 13.3. The summed E-state index contributed by atoms with van der Waals surface area (Å²) in [5.74, 6) is 7.16. The van der Waals surface area contributed by atoms with Crippen LogP contribution >= 0.6 is 0 Å². The van der Waals surface area contributed by atoms with Gasteiger partial charge in [-0.2, -0.15) is 0 Å². The topological polar surface area (TPSA) is 122 Å². The smallest absolute Gasteiger partial charge is 0.291 e. The number of hydrogen-bond donors (Lipinski definition) is 2. The quantitative estimate of drug-likeness (QED) is 0.224. The fourth-order valence-corrected chi connectivity index (χ4v) is 4.70. The molecule has 0 fully saturated rings. The van der Waals surface area contributed by atoms with Crippen molar-refractivity contribution in [2.45, 2.75) is 18.9 Å². The number of hydrogen-bond acceptors (Lipinski definition) is 7. The summed E-state index contributed by atoms with van der Waals surface area (Å²) in [6.45, 7) is 0.404. The van der Waals surface area contributed by atoms with Gasteiger partial charge in [0.2, 0.25) is 5.82 Å². The first-order valence-electron chi connectivity index (χ1n) is 13.8. The minimum Gasteiger partial charge on any atom is -0.493 e. The van der Waals surface area contributed by atoms with Crippen LogP contribution in [0.3, 0.4) is 0 Å². The molecule has 0 saturated heterocycles. The van der Waals surface area contributed by atoms with E-state index in [-0.39, 0.29) is 18.3 Å². The highest BCUT2D eigenvalue weighted by Gasteiger charge is 2.31. The van der Waals surface area contributed by atoms with Crippen molar-refractivity contribution in [1.82, 2.24) is 25.5 Å². The van der Waals surface area contributed by atoms with E-state index in [1.165, 1.54) is 4.90 Å². The number of H-pyrrole nitrogens is 1. The summed E-state index contributed by atoms with van der Waals surface area (Å²) in [6.07, 6.45) is 2.79. The van der Waals surface area contributed by atoms with Crippen molar-refractivity contribution in [1.29, 1.82) is 0 Å². The van der Waals surface area contributed by atoms with Gasteiger partial charge in [0.15, 0.2) is 0 Å². The molecule has 0 bridgehead atoms. The van der Waals surface area contributed by atoms with Crippen molar-refractivity contribution in [2.24, 2.45) is 0 Å². The van der Waals surface area contributed by atoms with E-state index >= 15 is 0 Å². The van der Waals surface area contributed by atoms with Crippen LogP contribution in [-0.2, 0) is 11.2 Å². The highest BCUT2D eigenvalue weighted by atomic mass is 16.5. The third kappa shape index (κ3) is 6.47. The van der Waals surface area contributed by atoms with E-state index in [4.69, 9.17) is 9.47 Å². The van der Waals surface area contributed by atoms with E-state index in [0.717, 1.165) is 27.8 Å². The largest absolute Gasteiger partial charge is 0.493 e. The molecule has 0 radical (unpaired) electrons. The van der Waals surface area contributed by atoms with Gasteiger partial charge in [0, 0.05) is 37.0 Å². The Morgan fingerprint density at radius 3 is 2.88 bits per heavy atom. The van der Waals surface area contributed by atoms with Crippen molar-refractivity contribution < 1.29 is 19.1 Å². The fourth-order valence-electron chi connectivity index (χ4n) is 4.70. The lowest BCUT2D eigenvalue weighted by Crippen LogP contribution is -2.49. The molecule has 0 saturated carbocycles. The van der Waals surface area contributed by atoms with Gasteiger partial charge in [0.05, 0.1) is 17.8 Å². The van der Waals surface area contributed by atoms with Crippen LogP contribution in [0.25, 0.3) is 10.9 Å². The van der Waals surface area contributed by atoms with Crippen LogP contribution in [0.15, 0.2) is 85.1 Å². The molecule has 1 atom stereocenters. The van der Waals surface area contributed by atoms with Gasteiger partial charge in [-0.3, -0.25) is 19.7 Å². The lowest BCUT2D eigenvalue weighted by molar-refractivity contribution is -0.120. The van der Waals surface area contributed by atoms with Gasteiger partial charge in [-0.15, -0.1) is 5.10 Å². The second-order valence-corrected chi connectivity index (χ2v) is 9.94. The molecule has 214 valence electrons. The number of pyridine rings is 1. The van der Waals surface area contributed by atoms with Crippen LogP contribution in [0.2, 0.25) is 0 Å². The number of ether oxygens (including phenoxy) is 2. The third-order valence-electron chi connectivity index (χ3n) is 6.91. The Hall–Kier alpha value is -5.69. The average Bonchev–Trinajstić information content (AvgIpc) is 3.47. The number of aromatic nitrogens is 4. The van der Waals surface area contributed by atoms with Crippen molar-refractivity contribution in [3.63, 3.8) is 0 Å². The summed E-state index contributed by atoms with van der Waals surface area (Å²) in [6, 6.07) is 23.9. The normalized spacial score (nSPS) is 14.2. The van der Waals surface area contributed by atoms with Crippen LogP contribution in [0.1, 0.15) is 34.0 Å². The van der Waals surface area contributed by atoms with E-state index in [2.05, 4.69) is 37.3 Å². The first-order valence-corrected chi connectivity index (χ1v) is 13.8. The first-order chi connectivity index (χ1) is 21.0. The Morgan fingerprint density at radius 2 is 2.00 bits per heavy atom. The van der Waals surface area contributed by atoms with E-state index < -0.39 is 11.9 Å². The summed E-state index contributed by atoms with van der Waals surface area (Å²) in [7, 11) is 1.64. The first kappa shape index (κ1) is 27.5. The summed E-state index contributed by atoms with van der Waals surface area (Å²) in [5.41, 5.74) is 3.25. The molecule has 10 nitrogen and oxygen atoms in total. The molecule has 43 heavy (non-hydrogen) atoms. The Balaban J connectivity index is 1.05. The third-order valence-corrected chi connectivity index (χ3v) is 6.91. The molecule has 6 rings (SSSR count). The molecule has 0 spiro atoms. The highest BCUT2D eigenvalue weighted by molar-refractivity contribution is 6.02. The van der Waals surface area contributed by atoms with Gasteiger partial charge in [0.25, 0.3) is 11.8 Å². The molecule has 2 aromatic heterocycles. The molecular weight excluding hydrogens is 544 g/mol. The van der Waals surface area contributed by atoms with E-state index in [1.807, 2.05) is 66.7 Å². The molecule has 10 heteroatoms. The van der Waals surface area contributed by atoms with Crippen molar-refractivity contribution in [3.05, 3.63) is 108 Å². The standard InChI is InChI=1S/C33H28N6O4/c1-39-28-18-23(10-5-6-17-42-25-13-14-26-24(20-25)11-7-16-34-26)12-15-29(28)43-21-27(33(39)41)35-32(40)31-36-30(37-38-31)19-22-8-3-2-4-9-22/h2-4,7-9,11-16,18,20,27H,6,17,19,21H2,1H3,(H,35,40)(H,36,37,38). The van der Waals surface area contributed by atoms with Gasteiger partial charge in [-0.05, 0) is 48.0 Å². The zero-order chi connectivity index (χ0) is 29.6. The molecule has 5 aromatic rings. The molecular formula is C33H28N6O4. The highest BCUT2D eigenvalue weighted by Crippen LogP contribution is 2.31. The summed E-state index contributed by atoms with van der Waals surface area (Å²) in [4.78, 5) is 36.2. The van der Waals surface area contributed by atoms with Crippen LogP contribution in [-0.4, -0.2) is 58.3 Å². The number of rotatable bonds is 7. The molecule has 2 N–H and O–H groups in total. The number of likely N-dealkylation sites (N-methyl/N-ethyl adjacent to an activating group) is 1. The maximum Gasteiger partial charge on any atom is 0.291 e. The minimum absolute atomic E-state index is 0.0313. The number of carbonyl (C=O) groups is 2. The molecule has 0 aliphatic carbocycles. The van der Waals surface area contributed by atoms with Crippen LogP contribution in [0.4, 0.5) is 5.69 Å². The van der Waals surface area contributed by atoms with Gasteiger partial charge in [-0.25, -0.2) is 4.98 Å². The van der Waals surface area contributed by atoms with Crippen molar-refractivity contribution >= 4 is 28.4 Å². The van der Waals surface area contributed by atoms with Gasteiger partial charge in [-0.1, -0.05) is 48.2 Å². The van der Waals surface area contributed by atoms with Crippen molar-refractivity contribution in [2.75, 3.05) is 25.2 Å². The Labute approximate surface area is 248 Å². The van der Waals surface area contributed by atoms with Crippen LogP contribution < -0.4 is 19.7 Å². The predicted molar refractivity (Wildman–Crippen MR) is 161 cm³/mol. The summed E-state index contributed by atoms with van der Waals surface area (Å²) >= 11 is 0. The number of nitrogens with zero attached hydrogens (tertiary/aromatic N) is 4. The van der Waals surface area contributed by atoms with Crippen molar-refractivity contribution in [3.8, 4) is 23.3 Å². The summed E-state index contributed by atoms with van der Waals surface area (Å²) < 4.78 is 11.7. The number of nitrogens with one attached hydrogen (secondary N) is 2. The predicted octanol–water partition coefficient (Wildman–Crippen LogP) is 3.92. The van der Waals surface area contributed by atoms with Crippen LogP contribution in [0, 0.1) is 11.8 Å². The zero-order valence-electron chi connectivity index (χ0n) is 23.4. The average molecular weight is 573 g/mol. The Morgan fingerprint density at radius 1 is 1.12 bits per heavy atom. The van der Waals surface area contributed by atoms with E-state index in [1.54, 1.807) is 25.4 Å². The van der Waals surface area contributed by atoms with E-state index in [0.29, 0.717) is 36.7 Å². The number of anilines is 1. The molecule has 1 aliphatic heterocycles. The maximum atomic E-state index is 13.3. The van der Waals surface area contributed by atoms with Gasteiger partial charge < -0.3 is 19.7 Å². The molecule has 3 heterocycles. The number of carbonyl (C=O) groups excluding carboxylic acids is 2. The second kappa shape index (κ2) is 12.4. The monoisotopic (exact) mass is 572 g/mol. The molecule has 2 amide bonds. The minimum atomic E-state index is -0.918. The number of benzene rings is 3. The lowest BCUT2D eigenvalue weighted by atomic mass is 10.1. The number of fused-ring (bicyclic) bond motifs is 2. The number of aromatic amines is 1. The van der Waals surface area contributed by atoms with Gasteiger partial charge in [0.1, 0.15) is 30.0 Å². The number of amides is 2. The Bertz CT molecular complexity index is 1840. The summed E-state index contributed by atoms with van der Waals surface area (Å²) in [5, 5.41) is 10.5. The van der Waals surface area contributed by atoms with Gasteiger partial charge >= 0.3 is 0 Å². The lowest BCUT2D eigenvalue weighted by Gasteiger charge is -2.20. The van der Waals surface area contributed by atoms with E-state index in [9.17, 15) is 9.59 Å². The van der Waals surface area contributed by atoms with Crippen LogP contribution in [0.5, 0.6) is 11.5 Å². The Kier molecular flexibility index (Phi) is 7.95. The molecule has 1 unspecified atom stereocenters. The fraction of sp³-hybridized carbons (Fsp3) is 0.182. The SMILES string of the molecule is CN1C(=O)C(NC(=O)c2n[nH]c(Cc3ccccc3)n2)COc2ccc(C#CCCOc3ccc4ncccc4c3)cc21.